The van der Waals surface area contributed by atoms with Crippen LogP contribution in [0, 0.1) is 5.92 Å². The zero-order valence-electron chi connectivity index (χ0n) is 13.0. The first-order valence-electron chi connectivity index (χ1n) is 7.52. The summed E-state index contributed by atoms with van der Waals surface area (Å²) < 4.78 is 10.2. The van der Waals surface area contributed by atoms with Crippen molar-refractivity contribution in [1.82, 2.24) is 4.98 Å². The molecule has 1 fully saturated rings. The number of esters is 1. The third-order valence-electron chi connectivity index (χ3n) is 3.74. The van der Waals surface area contributed by atoms with E-state index in [0.29, 0.717) is 11.6 Å². The van der Waals surface area contributed by atoms with E-state index in [1.807, 2.05) is 12.1 Å². The molecule has 23 heavy (non-hydrogen) atoms. The Morgan fingerprint density at radius 1 is 1.26 bits per heavy atom. The molecule has 1 atom stereocenters. The Morgan fingerprint density at radius 3 is 2.74 bits per heavy atom. The van der Waals surface area contributed by atoms with Gasteiger partial charge in [-0.3, -0.25) is 4.79 Å². The first kappa shape index (κ1) is 15.3. The number of rotatable bonds is 5. The summed E-state index contributed by atoms with van der Waals surface area (Å²) in [6.07, 6.45) is 2.91. The molecule has 1 amide bonds. The normalized spacial score (nSPS) is 15.0. The van der Waals surface area contributed by atoms with Crippen LogP contribution in [0.15, 0.2) is 30.5 Å². The molecular weight excluding hydrogens is 296 g/mol. The maximum Gasteiger partial charge on any atom is 0.346 e. The number of aromatic nitrogens is 1. The molecule has 0 radical (unpaired) electrons. The van der Waals surface area contributed by atoms with Crippen LogP contribution < -0.4 is 10.1 Å². The molecule has 0 saturated heterocycles. The highest BCUT2D eigenvalue weighted by molar-refractivity contribution is 5.95. The van der Waals surface area contributed by atoms with Crippen molar-refractivity contribution in [3.63, 3.8) is 0 Å². The average Bonchev–Trinajstić information content (AvgIpc) is 3.39. The van der Waals surface area contributed by atoms with Crippen molar-refractivity contribution in [1.29, 1.82) is 0 Å². The van der Waals surface area contributed by atoms with E-state index in [2.05, 4.69) is 15.0 Å². The summed E-state index contributed by atoms with van der Waals surface area (Å²) in [6.45, 7) is 1.63. The van der Waals surface area contributed by atoms with E-state index in [1.165, 1.54) is 7.11 Å². The summed E-state index contributed by atoms with van der Waals surface area (Å²) in [5.74, 6) is 0.853. The van der Waals surface area contributed by atoms with Gasteiger partial charge in [0.05, 0.1) is 7.11 Å². The van der Waals surface area contributed by atoms with Gasteiger partial charge in [-0.05, 0) is 43.4 Å². The first-order valence-corrected chi connectivity index (χ1v) is 7.52. The Hall–Kier alpha value is -2.63. The minimum absolute atomic E-state index is 0.0312. The van der Waals surface area contributed by atoms with Crippen LogP contribution in [0.25, 0.3) is 10.8 Å². The molecular formula is C17H18N2O4. The lowest BCUT2D eigenvalue weighted by molar-refractivity contribution is -0.147. The molecule has 1 saturated carbocycles. The van der Waals surface area contributed by atoms with Crippen LogP contribution in [0.5, 0.6) is 5.75 Å². The molecule has 0 unspecified atom stereocenters. The Labute approximate surface area is 133 Å². The van der Waals surface area contributed by atoms with Crippen molar-refractivity contribution in [3.8, 4) is 5.75 Å². The summed E-state index contributed by atoms with van der Waals surface area (Å²) in [4.78, 5) is 27.4. The smallest absolute Gasteiger partial charge is 0.346 e. The molecule has 2 aromatic rings. The number of nitrogens with zero attached hydrogens (tertiary/aromatic N) is 1. The highest BCUT2D eigenvalue weighted by Gasteiger charge is 2.29. The highest BCUT2D eigenvalue weighted by atomic mass is 16.6. The summed E-state index contributed by atoms with van der Waals surface area (Å²) in [7, 11) is 1.32. The van der Waals surface area contributed by atoms with Crippen LogP contribution in [0.2, 0.25) is 0 Å². The van der Waals surface area contributed by atoms with Gasteiger partial charge in [0.15, 0.2) is 6.10 Å². The standard InChI is InChI=1S/C17H18N2O4/c1-10(17(21)22-2)23-14-6-5-12-8-15(18-9-13(12)7-14)19-16(20)11-3-4-11/h5-11H,3-4H2,1-2H3,(H,18,19,20)/t10-/m1/s1. The zero-order chi connectivity index (χ0) is 16.4. The second kappa shape index (κ2) is 6.24. The number of amides is 1. The van der Waals surface area contributed by atoms with Crippen LogP contribution in [-0.2, 0) is 14.3 Å². The summed E-state index contributed by atoms with van der Waals surface area (Å²) >= 11 is 0. The van der Waals surface area contributed by atoms with E-state index < -0.39 is 12.1 Å². The lowest BCUT2D eigenvalue weighted by atomic mass is 10.1. The minimum Gasteiger partial charge on any atom is -0.479 e. The summed E-state index contributed by atoms with van der Waals surface area (Å²) in [5, 5.41) is 4.62. The van der Waals surface area contributed by atoms with Crippen LogP contribution in [0.1, 0.15) is 19.8 Å². The lowest BCUT2D eigenvalue weighted by Gasteiger charge is -2.13. The number of methoxy groups -OCH3 is 1. The maximum atomic E-state index is 11.8. The van der Waals surface area contributed by atoms with Crippen molar-refractivity contribution in [2.24, 2.45) is 5.92 Å². The van der Waals surface area contributed by atoms with Crippen LogP contribution in [0.3, 0.4) is 0 Å². The van der Waals surface area contributed by atoms with Gasteiger partial charge in [0.25, 0.3) is 0 Å². The number of pyridine rings is 1. The predicted molar refractivity (Wildman–Crippen MR) is 85.2 cm³/mol. The predicted octanol–water partition coefficient (Wildman–Crippen LogP) is 2.52. The van der Waals surface area contributed by atoms with Gasteiger partial charge >= 0.3 is 5.97 Å². The molecule has 1 N–H and O–H groups in total. The third kappa shape index (κ3) is 3.59. The Bertz CT molecular complexity index is 755. The monoisotopic (exact) mass is 314 g/mol. The Balaban J connectivity index is 1.75. The second-order valence-electron chi connectivity index (χ2n) is 5.63. The fourth-order valence-electron chi connectivity index (χ4n) is 2.25. The van der Waals surface area contributed by atoms with Crippen molar-refractivity contribution in [2.45, 2.75) is 25.9 Å². The van der Waals surface area contributed by atoms with Gasteiger partial charge in [-0.25, -0.2) is 9.78 Å². The number of ether oxygens (including phenoxy) is 2. The molecule has 0 aliphatic heterocycles. The molecule has 0 spiro atoms. The molecule has 1 aromatic carbocycles. The summed E-state index contributed by atoms with van der Waals surface area (Å²) in [5.41, 5.74) is 0. The molecule has 3 rings (SSSR count). The number of carbonyl (C=O) groups is 2. The van der Waals surface area contributed by atoms with Gasteiger partial charge in [-0.1, -0.05) is 6.07 Å². The largest absolute Gasteiger partial charge is 0.479 e. The second-order valence-corrected chi connectivity index (χ2v) is 5.63. The fraction of sp³-hybridized carbons (Fsp3) is 0.353. The van der Waals surface area contributed by atoms with Crippen LogP contribution in [-0.4, -0.2) is 30.1 Å². The number of carbonyl (C=O) groups excluding carboxylic acids is 2. The summed E-state index contributed by atoms with van der Waals surface area (Å²) in [6, 6.07) is 7.26. The molecule has 6 nitrogen and oxygen atoms in total. The maximum absolute atomic E-state index is 11.8. The first-order chi connectivity index (χ1) is 11.1. The van der Waals surface area contributed by atoms with Gasteiger partial charge in [0.1, 0.15) is 11.6 Å². The van der Waals surface area contributed by atoms with Crippen molar-refractivity contribution < 1.29 is 19.1 Å². The van der Waals surface area contributed by atoms with Crippen molar-refractivity contribution in [3.05, 3.63) is 30.5 Å². The molecule has 1 aliphatic carbocycles. The average molecular weight is 314 g/mol. The van der Waals surface area contributed by atoms with E-state index in [4.69, 9.17) is 4.74 Å². The number of anilines is 1. The van der Waals surface area contributed by atoms with Crippen LogP contribution in [0.4, 0.5) is 5.82 Å². The Morgan fingerprint density at radius 2 is 2.04 bits per heavy atom. The van der Waals surface area contributed by atoms with Gasteiger partial charge in [0.2, 0.25) is 5.91 Å². The molecule has 1 aromatic heterocycles. The number of fused-ring (bicyclic) bond motifs is 1. The van der Waals surface area contributed by atoms with E-state index in [-0.39, 0.29) is 11.8 Å². The molecule has 0 bridgehead atoms. The van der Waals surface area contributed by atoms with E-state index in [1.54, 1.807) is 25.3 Å². The van der Waals surface area contributed by atoms with Gasteiger partial charge in [-0.2, -0.15) is 0 Å². The van der Waals surface area contributed by atoms with E-state index in [0.717, 1.165) is 23.6 Å². The third-order valence-corrected chi connectivity index (χ3v) is 3.74. The number of nitrogens with one attached hydrogen (secondary N) is 1. The quantitative estimate of drug-likeness (QED) is 0.858. The fourth-order valence-corrected chi connectivity index (χ4v) is 2.25. The van der Waals surface area contributed by atoms with Gasteiger partial charge in [-0.15, -0.1) is 0 Å². The van der Waals surface area contributed by atoms with Crippen LogP contribution >= 0.6 is 0 Å². The van der Waals surface area contributed by atoms with E-state index in [9.17, 15) is 9.59 Å². The lowest BCUT2D eigenvalue weighted by Crippen LogP contribution is -2.24. The molecule has 1 heterocycles. The minimum atomic E-state index is -0.678. The zero-order valence-corrected chi connectivity index (χ0v) is 13.0. The van der Waals surface area contributed by atoms with E-state index >= 15 is 0 Å². The number of hydrogen-bond donors (Lipinski definition) is 1. The van der Waals surface area contributed by atoms with Gasteiger partial charge < -0.3 is 14.8 Å². The Kier molecular flexibility index (Phi) is 4.14. The van der Waals surface area contributed by atoms with Crippen molar-refractivity contribution >= 4 is 28.5 Å². The topological polar surface area (TPSA) is 77.5 Å². The SMILES string of the molecule is COC(=O)[C@@H](C)Oc1ccc2cc(NC(=O)C3CC3)ncc2c1. The number of benzene rings is 1. The number of hydrogen-bond acceptors (Lipinski definition) is 5. The molecule has 120 valence electrons. The van der Waals surface area contributed by atoms with Gasteiger partial charge in [0, 0.05) is 17.5 Å². The highest BCUT2D eigenvalue weighted by Crippen LogP contribution is 2.30. The molecule has 6 heteroatoms. The molecule has 1 aliphatic rings. The van der Waals surface area contributed by atoms with Crippen molar-refractivity contribution in [2.75, 3.05) is 12.4 Å².